The summed E-state index contributed by atoms with van der Waals surface area (Å²) in [6, 6.07) is 4.31. The lowest BCUT2D eigenvalue weighted by Gasteiger charge is -2.05. The van der Waals surface area contributed by atoms with Crippen LogP contribution >= 0.6 is 11.6 Å². The average molecular weight is 252 g/mol. The summed E-state index contributed by atoms with van der Waals surface area (Å²) in [7, 11) is 0. The van der Waals surface area contributed by atoms with Crippen molar-refractivity contribution in [2.75, 3.05) is 5.32 Å². The molecule has 0 saturated heterocycles. The number of halogens is 1. The zero-order chi connectivity index (χ0) is 12.4. The Morgan fingerprint density at radius 3 is 2.88 bits per heavy atom. The number of hydrogen-bond acceptors (Lipinski definition) is 3. The summed E-state index contributed by atoms with van der Waals surface area (Å²) < 4.78 is 0. The third kappa shape index (κ3) is 2.39. The standard InChI is InChI=1S/C11H10ClN3O2/c1-6-5-13-15-10(6)14-11(17)8-3-2-7(12)4-9(8)16/h2-5,16H,1H3,(H2,13,14,15,17). The van der Waals surface area contributed by atoms with Crippen LogP contribution in [-0.2, 0) is 0 Å². The smallest absolute Gasteiger partial charge is 0.260 e. The van der Waals surface area contributed by atoms with E-state index in [4.69, 9.17) is 11.6 Å². The van der Waals surface area contributed by atoms with Crippen molar-refractivity contribution < 1.29 is 9.90 Å². The number of aryl methyl sites for hydroxylation is 1. The maximum absolute atomic E-state index is 11.8. The number of nitrogens with one attached hydrogen (secondary N) is 2. The molecular weight excluding hydrogens is 242 g/mol. The number of anilines is 1. The first kappa shape index (κ1) is 11.5. The van der Waals surface area contributed by atoms with Gasteiger partial charge in [-0.3, -0.25) is 9.89 Å². The maximum atomic E-state index is 11.8. The van der Waals surface area contributed by atoms with Gasteiger partial charge in [-0.25, -0.2) is 0 Å². The van der Waals surface area contributed by atoms with E-state index in [1.165, 1.54) is 18.2 Å². The van der Waals surface area contributed by atoms with Crippen molar-refractivity contribution in [3.05, 3.63) is 40.5 Å². The van der Waals surface area contributed by atoms with Crippen LogP contribution in [0.1, 0.15) is 15.9 Å². The second-order valence-corrected chi connectivity index (χ2v) is 3.98. The minimum Gasteiger partial charge on any atom is -0.507 e. The minimum atomic E-state index is -0.425. The number of nitrogens with zero attached hydrogens (tertiary/aromatic N) is 1. The molecule has 0 atom stereocenters. The van der Waals surface area contributed by atoms with Gasteiger partial charge in [-0.15, -0.1) is 0 Å². The molecule has 1 amide bonds. The third-order valence-electron chi connectivity index (χ3n) is 2.27. The summed E-state index contributed by atoms with van der Waals surface area (Å²) in [5.74, 6) is -0.0805. The van der Waals surface area contributed by atoms with Gasteiger partial charge in [-0.05, 0) is 25.1 Å². The number of phenols is 1. The molecule has 5 nitrogen and oxygen atoms in total. The molecule has 0 aliphatic carbocycles. The number of aromatic nitrogens is 2. The predicted octanol–water partition coefficient (Wildman–Crippen LogP) is 2.33. The molecule has 0 bridgehead atoms. The van der Waals surface area contributed by atoms with Gasteiger partial charge < -0.3 is 10.4 Å². The van der Waals surface area contributed by atoms with E-state index >= 15 is 0 Å². The summed E-state index contributed by atoms with van der Waals surface area (Å²) in [5.41, 5.74) is 0.968. The molecule has 2 rings (SSSR count). The molecule has 0 aliphatic rings. The molecule has 0 unspecified atom stereocenters. The van der Waals surface area contributed by atoms with Gasteiger partial charge in [0.1, 0.15) is 11.6 Å². The summed E-state index contributed by atoms with van der Waals surface area (Å²) in [4.78, 5) is 11.8. The Balaban J connectivity index is 2.23. The van der Waals surface area contributed by atoms with Gasteiger partial charge in [0.15, 0.2) is 0 Å². The van der Waals surface area contributed by atoms with E-state index in [2.05, 4.69) is 15.5 Å². The summed E-state index contributed by atoms with van der Waals surface area (Å²) in [6.07, 6.45) is 1.59. The molecule has 1 aromatic carbocycles. The second kappa shape index (κ2) is 4.47. The number of phenolic OH excluding ortho intramolecular Hbond substituents is 1. The van der Waals surface area contributed by atoms with Crippen LogP contribution in [0.2, 0.25) is 5.02 Å². The quantitative estimate of drug-likeness (QED) is 0.767. The molecule has 0 fully saturated rings. The molecule has 3 N–H and O–H groups in total. The number of benzene rings is 1. The largest absolute Gasteiger partial charge is 0.507 e. The van der Waals surface area contributed by atoms with E-state index < -0.39 is 5.91 Å². The van der Waals surface area contributed by atoms with Crippen molar-refractivity contribution in [2.24, 2.45) is 0 Å². The fourth-order valence-corrected chi connectivity index (χ4v) is 1.52. The van der Waals surface area contributed by atoms with Crippen molar-refractivity contribution in [2.45, 2.75) is 6.92 Å². The maximum Gasteiger partial charge on any atom is 0.260 e. The van der Waals surface area contributed by atoms with Crippen molar-refractivity contribution in [1.29, 1.82) is 0 Å². The van der Waals surface area contributed by atoms with Gasteiger partial charge in [0.05, 0.1) is 11.8 Å². The number of aromatic hydroxyl groups is 1. The topological polar surface area (TPSA) is 78.0 Å². The normalized spacial score (nSPS) is 10.2. The van der Waals surface area contributed by atoms with Gasteiger partial charge >= 0.3 is 0 Å². The molecule has 1 aromatic heterocycles. The zero-order valence-electron chi connectivity index (χ0n) is 8.99. The van der Waals surface area contributed by atoms with Crippen molar-refractivity contribution >= 4 is 23.3 Å². The van der Waals surface area contributed by atoms with Gasteiger partial charge in [-0.2, -0.15) is 5.10 Å². The van der Waals surface area contributed by atoms with E-state index in [1.807, 2.05) is 0 Å². The molecule has 2 aromatic rings. The molecule has 1 heterocycles. The Hall–Kier alpha value is -2.01. The number of carbonyl (C=O) groups is 1. The average Bonchev–Trinajstić information content (AvgIpc) is 2.64. The van der Waals surface area contributed by atoms with E-state index in [0.29, 0.717) is 10.8 Å². The summed E-state index contributed by atoms with van der Waals surface area (Å²) in [6.45, 7) is 1.81. The van der Waals surface area contributed by atoms with Crippen LogP contribution < -0.4 is 5.32 Å². The van der Waals surface area contributed by atoms with Gasteiger partial charge in [0.25, 0.3) is 5.91 Å². The fourth-order valence-electron chi connectivity index (χ4n) is 1.35. The summed E-state index contributed by atoms with van der Waals surface area (Å²) >= 11 is 5.68. The molecular formula is C11H10ClN3O2. The van der Waals surface area contributed by atoms with E-state index in [9.17, 15) is 9.90 Å². The number of H-pyrrole nitrogens is 1. The summed E-state index contributed by atoms with van der Waals surface area (Å²) in [5, 5.41) is 19.0. The van der Waals surface area contributed by atoms with Crippen molar-refractivity contribution in [3.63, 3.8) is 0 Å². The van der Waals surface area contributed by atoms with Gasteiger partial charge in [0, 0.05) is 10.6 Å². The Labute approximate surface area is 102 Å². The monoisotopic (exact) mass is 251 g/mol. The number of hydrogen-bond donors (Lipinski definition) is 3. The Kier molecular flexibility index (Phi) is 3.01. The number of rotatable bonds is 2. The number of amides is 1. The lowest BCUT2D eigenvalue weighted by molar-refractivity contribution is 0.102. The Morgan fingerprint density at radius 1 is 1.53 bits per heavy atom. The van der Waals surface area contributed by atoms with Crippen molar-refractivity contribution in [3.8, 4) is 5.75 Å². The SMILES string of the molecule is Cc1cn[nH]c1NC(=O)c1ccc(Cl)cc1O. The van der Waals surface area contributed by atoms with E-state index in [1.54, 1.807) is 13.1 Å². The van der Waals surface area contributed by atoms with Gasteiger partial charge in [-0.1, -0.05) is 11.6 Å². The molecule has 0 spiro atoms. The van der Waals surface area contributed by atoms with Crippen LogP contribution in [0.25, 0.3) is 0 Å². The first-order valence-electron chi connectivity index (χ1n) is 4.88. The highest BCUT2D eigenvalue weighted by atomic mass is 35.5. The van der Waals surface area contributed by atoms with Gasteiger partial charge in [0.2, 0.25) is 0 Å². The first-order chi connectivity index (χ1) is 8.08. The highest BCUT2D eigenvalue weighted by Crippen LogP contribution is 2.23. The lowest BCUT2D eigenvalue weighted by Crippen LogP contribution is -2.13. The van der Waals surface area contributed by atoms with Crippen LogP contribution in [0.15, 0.2) is 24.4 Å². The fraction of sp³-hybridized carbons (Fsp3) is 0.0909. The molecule has 0 saturated carbocycles. The Morgan fingerprint density at radius 2 is 2.29 bits per heavy atom. The second-order valence-electron chi connectivity index (χ2n) is 3.54. The van der Waals surface area contributed by atoms with Crippen LogP contribution in [0.3, 0.4) is 0 Å². The van der Waals surface area contributed by atoms with Crippen LogP contribution in [0.5, 0.6) is 5.75 Å². The zero-order valence-corrected chi connectivity index (χ0v) is 9.75. The van der Waals surface area contributed by atoms with Crippen molar-refractivity contribution in [1.82, 2.24) is 10.2 Å². The molecule has 0 aliphatic heterocycles. The van der Waals surface area contributed by atoms with Crippen LogP contribution in [-0.4, -0.2) is 21.2 Å². The predicted molar refractivity (Wildman–Crippen MR) is 64.4 cm³/mol. The first-order valence-corrected chi connectivity index (χ1v) is 5.25. The van der Waals surface area contributed by atoms with E-state index in [-0.39, 0.29) is 11.3 Å². The number of carbonyl (C=O) groups excluding carboxylic acids is 1. The van der Waals surface area contributed by atoms with Crippen LogP contribution in [0.4, 0.5) is 5.82 Å². The lowest BCUT2D eigenvalue weighted by atomic mass is 10.2. The van der Waals surface area contributed by atoms with E-state index in [0.717, 1.165) is 5.56 Å². The molecule has 6 heteroatoms. The molecule has 88 valence electrons. The minimum absolute atomic E-state index is 0.156. The Bertz CT molecular complexity index is 566. The van der Waals surface area contributed by atoms with Crippen LogP contribution in [0, 0.1) is 6.92 Å². The third-order valence-corrected chi connectivity index (χ3v) is 2.51. The molecule has 17 heavy (non-hydrogen) atoms. The number of aromatic amines is 1. The highest BCUT2D eigenvalue weighted by molar-refractivity contribution is 6.30. The molecule has 0 radical (unpaired) electrons. The highest BCUT2D eigenvalue weighted by Gasteiger charge is 2.13.